The second-order valence-corrected chi connectivity index (χ2v) is 7.01. The summed E-state index contributed by atoms with van der Waals surface area (Å²) in [7, 11) is 3.72. The van der Waals surface area contributed by atoms with E-state index in [0.717, 1.165) is 12.8 Å². The van der Waals surface area contributed by atoms with Gasteiger partial charge in [0.25, 0.3) is 6.01 Å². The van der Waals surface area contributed by atoms with E-state index in [1.807, 2.05) is 14.1 Å². The van der Waals surface area contributed by atoms with E-state index in [1.54, 1.807) is 41.8 Å². The summed E-state index contributed by atoms with van der Waals surface area (Å²) in [4.78, 5) is 20.5. The van der Waals surface area contributed by atoms with Crippen molar-refractivity contribution in [3.05, 3.63) is 18.2 Å². The third-order valence-corrected chi connectivity index (χ3v) is 4.34. The van der Waals surface area contributed by atoms with Crippen LogP contribution in [0.1, 0.15) is 26.7 Å². The first-order valence-electron chi connectivity index (χ1n) is 8.13. The smallest absolute Gasteiger partial charge is 0.322 e. The van der Waals surface area contributed by atoms with Crippen molar-refractivity contribution in [3.8, 4) is 0 Å². The van der Waals surface area contributed by atoms with Crippen LogP contribution < -0.4 is 10.2 Å². The number of aliphatic hydroxyl groups is 1. The van der Waals surface area contributed by atoms with E-state index in [0.29, 0.717) is 29.3 Å². The zero-order valence-corrected chi connectivity index (χ0v) is 14.5. The van der Waals surface area contributed by atoms with Crippen LogP contribution >= 0.6 is 0 Å². The summed E-state index contributed by atoms with van der Waals surface area (Å²) in [5.41, 5.74) is 1.11. The number of carbonyl (C=O) groups excluding carboxylic acids is 1. The van der Waals surface area contributed by atoms with Gasteiger partial charge in [0.2, 0.25) is 0 Å². The summed E-state index contributed by atoms with van der Waals surface area (Å²) in [5, 5.41) is 13.1. The van der Waals surface area contributed by atoms with Gasteiger partial charge >= 0.3 is 6.03 Å². The molecule has 7 nitrogen and oxygen atoms in total. The van der Waals surface area contributed by atoms with E-state index < -0.39 is 5.60 Å². The minimum absolute atomic E-state index is 0.173. The zero-order chi connectivity index (χ0) is 17.5. The van der Waals surface area contributed by atoms with Crippen LogP contribution in [-0.2, 0) is 0 Å². The number of fused-ring (bicyclic) bond motifs is 1. The van der Waals surface area contributed by atoms with Crippen molar-refractivity contribution >= 4 is 28.8 Å². The number of nitrogens with one attached hydrogen (secondary N) is 1. The number of benzene rings is 1. The fourth-order valence-electron chi connectivity index (χ4n) is 3.12. The lowest BCUT2D eigenvalue weighted by molar-refractivity contribution is 0.0117. The third kappa shape index (κ3) is 3.17. The van der Waals surface area contributed by atoms with Gasteiger partial charge in [-0.15, -0.1) is 0 Å². The number of aromatic nitrogens is 1. The van der Waals surface area contributed by atoms with E-state index in [1.165, 1.54) is 0 Å². The van der Waals surface area contributed by atoms with Gasteiger partial charge in [0.05, 0.1) is 11.6 Å². The average Bonchev–Trinajstić information content (AvgIpc) is 3.13. The lowest BCUT2D eigenvalue weighted by atomic mass is 9.97. The van der Waals surface area contributed by atoms with E-state index in [2.05, 4.69) is 10.3 Å². The highest BCUT2D eigenvalue weighted by atomic mass is 16.4. The number of carbonyl (C=O) groups is 1. The first-order chi connectivity index (χ1) is 11.3. The molecule has 0 bridgehead atoms. The molecule has 2 aromatic rings. The van der Waals surface area contributed by atoms with Crippen LogP contribution in [0.5, 0.6) is 0 Å². The lowest BCUT2D eigenvalue weighted by Crippen LogP contribution is -2.49. The number of anilines is 2. The molecular weight excluding hydrogens is 308 g/mol. The number of hydrogen-bond acceptors (Lipinski definition) is 5. The van der Waals surface area contributed by atoms with Gasteiger partial charge in [0, 0.05) is 26.3 Å². The molecular formula is C17H24N4O3. The number of urea groups is 1. The maximum Gasteiger partial charge on any atom is 0.322 e. The van der Waals surface area contributed by atoms with Crippen molar-refractivity contribution in [2.24, 2.45) is 0 Å². The Bertz CT molecular complexity index is 748. The van der Waals surface area contributed by atoms with Crippen molar-refractivity contribution in [2.75, 3.05) is 30.9 Å². The van der Waals surface area contributed by atoms with Crippen molar-refractivity contribution in [1.29, 1.82) is 0 Å². The molecule has 130 valence electrons. The van der Waals surface area contributed by atoms with Crippen LogP contribution in [0.15, 0.2) is 22.6 Å². The van der Waals surface area contributed by atoms with Gasteiger partial charge in [0.15, 0.2) is 5.58 Å². The normalized spacial score (nSPS) is 18.2. The fourth-order valence-corrected chi connectivity index (χ4v) is 3.12. The quantitative estimate of drug-likeness (QED) is 0.903. The second kappa shape index (κ2) is 5.98. The molecule has 1 saturated heterocycles. The standard InChI is InChI=1S/C17H24N4O3/c1-17(2,23)14-6-5-9-21(14)15(22)18-11-7-8-13-12(10-11)19-16(24-13)20(3)4/h7-8,10,14,23H,5-6,9H2,1-4H3,(H,18,22). The molecule has 1 aromatic heterocycles. The van der Waals surface area contributed by atoms with E-state index in [-0.39, 0.29) is 12.1 Å². The Morgan fingerprint density at radius 3 is 2.88 bits per heavy atom. The molecule has 0 aliphatic carbocycles. The summed E-state index contributed by atoms with van der Waals surface area (Å²) in [5.74, 6) is 0. The molecule has 0 radical (unpaired) electrons. The number of amides is 2. The summed E-state index contributed by atoms with van der Waals surface area (Å²) in [6.45, 7) is 4.14. The average molecular weight is 332 g/mol. The monoisotopic (exact) mass is 332 g/mol. The predicted molar refractivity (Wildman–Crippen MR) is 93.4 cm³/mol. The molecule has 2 N–H and O–H groups in total. The van der Waals surface area contributed by atoms with Crippen molar-refractivity contribution in [1.82, 2.24) is 9.88 Å². The Morgan fingerprint density at radius 2 is 2.21 bits per heavy atom. The van der Waals surface area contributed by atoms with Gasteiger partial charge in [-0.1, -0.05) is 0 Å². The van der Waals surface area contributed by atoms with Crippen molar-refractivity contribution in [2.45, 2.75) is 38.3 Å². The summed E-state index contributed by atoms with van der Waals surface area (Å²) in [6.07, 6.45) is 1.71. The number of rotatable bonds is 3. The zero-order valence-electron chi connectivity index (χ0n) is 14.5. The Hall–Kier alpha value is -2.28. The summed E-state index contributed by atoms with van der Waals surface area (Å²) < 4.78 is 5.61. The molecule has 1 atom stereocenters. The lowest BCUT2D eigenvalue weighted by Gasteiger charge is -2.33. The van der Waals surface area contributed by atoms with E-state index in [4.69, 9.17) is 4.42 Å². The second-order valence-electron chi connectivity index (χ2n) is 7.01. The van der Waals surface area contributed by atoms with Crippen molar-refractivity contribution in [3.63, 3.8) is 0 Å². The Labute approximate surface area is 141 Å². The molecule has 1 aliphatic rings. The van der Waals surface area contributed by atoms with Gasteiger partial charge in [-0.3, -0.25) is 0 Å². The van der Waals surface area contributed by atoms with Crippen LogP contribution in [0.3, 0.4) is 0 Å². The Morgan fingerprint density at radius 1 is 1.46 bits per heavy atom. The number of nitrogens with zero attached hydrogens (tertiary/aromatic N) is 3. The molecule has 1 aliphatic heterocycles. The molecule has 3 rings (SSSR count). The highest BCUT2D eigenvalue weighted by molar-refractivity contribution is 5.92. The van der Waals surface area contributed by atoms with E-state index >= 15 is 0 Å². The van der Waals surface area contributed by atoms with Crippen molar-refractivity contribution < 1.29 is 14.3 Å². The van der Waals surface area contributed by atoms with E-state index in [9.17, 15) is 9.90 Å². The van der Waals surface area contributed by atoms with Gasteiger partial charge in [0.1, 0.15) is 5.52 Å². The maximum atomic E-state index is 12.6. The summed E-state index contributed by atoms with van der Waals surface area (Å²) in [6, 6.07) is 5.53. The molecule has 0 saturated carbocycles. The van der Waals surface area contributed by atoms with Crippen LogP contribution in [0.4, 0.5) is 16.5 Å². The highest BCUT2D eigenvalue weighted by Crippen LogP contribution is 2.28. The maximum absolute atomic E-state index is 12.6. The van der Waals surface area contributed by atoms with Gasteiger partial charge in [-0.05, 0) is 44.9 Å². The molecule has 2 amide bonds. The van der Waals surface area contributed by atoms with Crippen LogP contribution in [0.2, 0.25) is 0 Å². The number of likely N-dealkylation sites (tertiary alicyclic amines) is 1. The number of oxazole rings is 1. The van der Waals surface area contributed by atoms with Gasteiger partial charge in [-0.25, -0.2) is 4.79 Å². The number of hydrogen-bond donors (Lipinski definition) is 2. The predicted octanol–water partition coefficient (Wildman–Crippen LogP) is 2.66. The molecule has 0 spiro atoms. The molecule has 7 heteroatoms. The third-order valence-electron chi connectivity index (χ3n) is 4.34. The molecule has 1 aromatic carbocycles. The largest absolute Gasteiger partial charge is 0.423 e. The minimum atomic E-state index is -0.912. The highest BCUT2D eigenvalue weighted by Gasteiger charge is 2.38. The molecule has 24 heavy (non-hydrogen) atoms. The van der Waals surface area contributed by atoms with Crippen LogP contribution in [-0.4, -0.2) is 53.3 Å². The molecule has 1 fully saturated rings. The topological polar surface area (TPSA) is 81.8 Å². The summed E-state index contributed by atoms with van der Waals surface area (Å²) >= 11 is 0. The fraction of sp³-hybridized carbons (Fsp3) is 0.529. The van der Waals surface area contributed by atoms with Crippen LogP contribution in [0, 0.1) is 0 Å². The minimum Gasteiger partial charge on any atom is -0.423 e. The Kier molecular flexibility index (Phi) is 4.13. The Balaban J connectivity index is 1.78. The molecule has 1 unspecified atom stereocenters. The molecule has 2 heterocycles. The SMILES string of the molecule is CN(C)c1nc2cc(NC(=O)N3CCCC3C(C)(C)O)ccc2o1. The van der Waals surface area contributed by atoms with Gasteiger partial charge in [-0.2, -0.15) is 4.98 Å². The van der Waals surface area contributed by atoms with Gasteiger partial charge < -0.3 is 24.6 Å². The first-order valence-corrected chi connectivity index (χ1v) is 8.13. The van der Waals surface area contributed by atoms with Crippen LogP contribution in [0.25, 0.3) is 11.1 Å². The first kappa shape index (κ1) is 16.6.